The van der Waals surface area contributed by atoms with Gasteiger partial charge in [0.05, 0.1) is 10.7 Å². The summed E-state index contributed by atoms with van der Waals surface area (Å²) in [6.45, 7) is 0. The molecule has 32 heavy (non-hydrogen) atoms. The molecule has 5 nitrogen and oxygen atoms in total. The lowest BCUT2D eigenvalue weighted by molar-refractivity contribution is 0.587. The molecule has 164 valence electrons. The third-order valence-electron chi connectivity index (χ3n) is 4.70. The first-order chi connectivity index (χ1) is 15.3. The molecule has 0 unspecified atom stereocenters. The molecule has 0 aliphatic heterocycles. The average Bonchev–Trinajstić information content (AvgIpc) is 3.11. The van der Waals surface area contributed by atoms with E-state index in [1.165, 1.54) is 0 Å². The van der Waals surface area contributed by atoms with Crippen molar-refractivity contribution in [2.75, 3.05) is 4.72 Å². The Kier molecular flexibility index (Phi) is 6.90. The number of aromatic nitrogens is 2. The molecule has 0 atom stereocenters. The van der Waals surface area contributed by atoms with Gasteiger partial charge in [-0.1, -0.05) is 69.5 Å². The van der Waals surface area contributed by atoms with Crippen LogP contribution in [0.1, 0.15) is 11.4 Å². The Hall–Kier alpha value is -2.32. The zero-order chi connectivity index (χ0) is 22.7. The Labute approximate surface area is 205 Å². The van der Waals surface area contributed by atoms with Crippen molar-refractivity contribution in [3.8, 4) is 11.3 Å². The maximum atomic E-state index is 12.9. The zero-order valence-corrected chi connectivity index (χ0v) is 20.6. The summed E-state index contributed by atoms with van der Waals surface area (Å²) in [6.07, 6.45) is 2.16. The molecule has 0 saturated heterocycles. The number of hydrogen-bond acceptors (Lipinski definition) is 3. The summed E-state index contributed by atoms with van der Waals surface area (Å²) in [4.78, 5) is 4.71. The number of rotatable bonds is 7. The van der Waals surface area contributed by atoms with Crippen molar-refractivity contribution in [2.45, 2.75) is 12.3 Å². The molecular formula is C23H18BrCl2N3O2S. The fourth-order valence-corrected chi connectivity index (χ4v) is 5.14. The van der Waals surface area contributed by atoms with E-state index in [-0.39, 0.29) is 5.88 Å². The number of imidazole rings is 1. The minimum atomic E-state index is -3.68. The van der Waals surface area contributed by atoms with Crippen LogP contribution in [0, 0.1) is 0 Å². The molecule has 0 aliphatic rings. The molecule has 0 saturated carbocycles. The second-order valence-electron chi connectivity index (χ2n) is 7.15. The predicted molar refractivity (Wildman–Crippen MR) is 134 cm³/mol. The van der Waals surface area contributed by atoms with E-state index in [4.69, 9.17) is 28.2 Å². The Morgan fingerprint density at radius 2 is 1.69 bits per heavy atom. The molecule has 1 heterocycles. The number of nitrogens with zero attached hydrogens (tertiary/aromatic N) is 2. The van der Waals surface area contributed by atoms with Gasteiger partial charge in [0.25, 0.3) is 10.0 Å². The van der Waals surface area contributed by atoms with Crippen molar-refractivity contribution in [3.63, 3.8) is 0 Å². The fourth-order valence-electron chi connectivity index (χ4n) is 3.22. The molecule has 3 aromatic carbocycles. The highest BCUT2D eigenvalue weighted by atomic mass is 79.9. The predicted octanol–water partition coefficient (Wildman–Crippen LogP) is 6.61. The number of sulfonamides is 1. The van der Waals surface area contributed by atoms with Crippen LogP contribution >= 0.6 is 39.1 Å². The SMILES string of the molecule is O=S(=O)(Cn1cc(-c2ccc(Cl)cc2Cl)nc1Cc1ccc(Br)cc1)Nc1ccccc1. The highest BCUT2D eigenvalue weighted by molar-refractivity contribution is 9.10. The lowest BCUT2D eigenvalue weighted by Gasteiger charge is -2.11. The van der Waals surface area contributed by atoms with Crippen LogP contribution in [0.25, 0.3) is 11.3 Å². The van der Waals surface area contributed by atoms with Crippen LogP contribution in [-0.2, 0) is 22.3 Å². The zero-order valence-electron chi connectivity index (χ0n) is 16.7. The third kappa shape index (κ3) is 5.72. The summed E-state index contributed by atoms with van der Waals surface area (Å²) in [5, 5.41) is 0.963. The molecule has 0 fully saturated rings. The topological polar surface area (TPSA) is 64.0 Å². The van der Waals surface area contributed by atoms with Gasteiger partial charge < -0.3 is 4.57 Å². The summed E-state index contributed by atoms with van der Waals surface area (Å²) < 4.78 is 30.9. The van der Waals surface area contributed by atoms with Gasteiger partial charge in [-0.25, -0.2) is 13.4 Å². The summed E-state index contributed by atoms with van der Waals surface area (Å²) >= 11 is 15.8. The standard InChI is InChI=1S/C23H18BrCl2N3O2S/c24-17-8-6-16(7-9-17)12-23-27-22(20-11-10-18(25)13-21(20)26)14-29(23)15-32(30,31)28-19-4-2-1-3-5-19/h1-11,13-14,28H,12,15H2. The second kappa shape index (κ2) is 9.67. The quantitative estimate of drug-likeness (QED) is 0.281. The molecule has 9 heteroatoms. The van der Waals surface area contributed by atoms with Crippen molar-refractivity contribution in [3.05, 3.63) is 105 Å². The molecule has 0 aliphatic carbocycles. The molecule has 0 spiro atoms. The van der Waals surface area contributed by atoms with Crippen molar-refractivity contribution in [1.29, 1.82) is 0 Å². The van der Waals surface area contributed by atoms with Gasteiger partial charge in [-0.05, 0) is 48.0 Å². The first-order valence-corrected chi connectivity index (χ1v) is 12.8. The van der Waals surface area contributed by atoms with Crippen LogP contribution in [0.15, 0.2) is 83.5 Å². The minimum absolute atomic E-state index is 0.286. The van der Waals surface area contributed by atoms with E-state index in [1.807, 2.05) is 30.3 Å². The first-order valence-electron chi connectivity index (χ1n) is 9.60. The van der Waals surface area contributed by atoms with Gasteiger partial charge in [0.15, 0.2) is 0 Å². The van der Waals surface area contributed by atoms with E-state index < -0.39 is 10.0 Å². The molecule has 0 bridgehead atoms. The number of hydrogen-bond donors (Lipinski definition) is 1. The second-order valence-corrected chi connectivity index (χ2v) is 10.6. The van der Waals surface area contributed by atoms with E-state index >= 15 is 0 Å². The van der Waals surface area contributed by atoms with Crippen LogP contribution in [0.3, 0.4) is 0 Å². The molecule has 4 rings (SSSR count). The Balaban J connectivity index is 1.70. The van der Waals surface area contributed by atoms with Crippen molar-refractivity contribution in [2.24, 2.45) is 0 Å². The maximum Gasteiger partial charge on any atom is 0.251 e. The molecule has 1 aromatic heterocycles. The lowest BCUT2D eigenvalue weighted by Crippen LogP contribution is -2.20. The molecule has 0 amide bonds. The van der Waals surface area contributed by atoms with E-state index in [0.717, 1.165) is 10.0 Å². The van der Waals surface area contributed by atoms with E-state index in [9.17, 15) is 8.42 Å². The highest BCUT2D eigenvalue weighted by Gasteiger charge is 2.18. The van der Waals surface area contributed by atoms with Crippen LogP contribution in [0.4, 0.5) is 5.69 Å². The number of benzene rings is 3. The molecule has 4 aromatic rings. The van der Waals surface area contributed by atoms with Gasteiger partial charge in [-0.2, -0.15) is 0 Å². The Bertz CT molecular complexity index is 1340. The average molecular weight is 551 g/mol. The first kappa shape index (κ1) is 22.9. The summed E-state index contributed by atoms with van der Waals surface area (Å²) in [5.41, 5.74) is 2.76. The van der Waals surface area contributed by atoms with Crippen molar-refractivity contribution < 1.29 is 8.42 Å². The highest BCUT2D eigenvalue weighted by Crippen LogP contribution is 2.30. The van der Waals surface area contributed by atoms with Gasteiger partial charge in [-0.15, -0.1) is 0 Å². The Morgan fingerprint density at radius 1 is 0.969 bits per heavy atom. The van der Waals surface area contributed by atoms with Crippen LogP contribution in [0.5, 0.6) is 0 Å². The monoisotopic (exact) mass is 549 g/mol. The van der Waals surface area contributed by atoms with Crippen LogP contribution in [0.2, 0.25) is 10.0 Å². The third-order valence-corrected chi connectivity index (χ3v) is 6.94. The number of para-hydroxylation sites is 1. The smallest absolute Gasteiger partial charge is 0.251 e. The van der Waals surface area contributed by atoms with Gasteiger partial charge in [0.1, 0.15) is 11.7 Å². The van der Waals surface area contributed by atoms with Crippen LogP contribution < -0.4 is 4.72 Å². The van der Waals surface area contributed by atoms with Crippen molar-refractivity contribution in [1.82, 2.24) is 9.55 Å². The number of nitrogens with one attached hydrogen (secondary N) is 1. The van der Waals surface area contributed by atoms with E-state index in [1.54, 1.807) is 53.2 Å². The number of halogens is 3. The van der Waals surface area contributed by atoms with E-state index in [0.29, 0.717) is 39.2 Å². The van der Waals surface area contributed by atoms with Gasteiger partial charge in [-0.3, -0.25) is 4.72 Å². The lowest BCUT2D eigenvalue weighted by atomic mass is 10.1. The fraction of sp³-hybridized carbons (Fsp3) is 0.0870. The molecule has 1 N–H and O–H groups in total. The maximum absolute atomic E-state index is 12.9. The van der Waals surface area contributed by atoms with Gasteiger partial charge in [0.2, 0.25) is 0 Å². The minimum Gasteiger partial charge on any atom is -0.317 e. The summed E-state index contributed by atoms with van der Waals surface area (Å²) in [7, 11) is -3.68. The largest absolute Gasteiger partial charge is 0.317 e. The van der Waals surface area contributed by atoms with Crippen molar-refractivity contribution >= 4 is 54.8 Å². The Morgan fingerprint density at radius 3 is 2.38 bits per heavy atom. The van der Waals surface area contributed by atoms with Gasteiger partial charge in [0, 0.05) is 33.4 Å². The summed E-state index contributed by atoms with van der Waals surface area (Å²) in [6, 6.07) is 21.7. The normalized spacial score (nSPS) is 11.5. The van der Waals surface area contributed by atoms with Gasteiger partial charge >= 0.3 is 0 Å². The van der Waals surface area contributed by atoms with E-state index in [2.05, 4.69) is 20.7 Å². The molecular weight excluding hydrogens is 533 g/mol. The molecule has 0 radical (unpaired) electrons. The summed E-state index contributed by atoms with van der Waals surface area (Å²) in [5.74, 6) is 0.318. The van der Waals surface area contributed by atoms with Crippen LogP contribution in [-0.4, -0.2) is 18.0 Å². The number of anilines is 1.